The highest BCUT2D eigenvalue weighted by Gasteiger charge is 2.15. The van der Waals surface area contributed by atoms with Gasteiger partial charge in [-0.3, -0.25) is 4.90 Å². The second-order valence-corrected chi connectivity index (χ2v) is 7.29. The fraction of sp³-hybridized carbons (Fsp3) is 0.650. The molecule has 1 aromatic carbocycles. The molecular weight excluding hydrogens is 507 g/mol. The van der Waals surface area contributed by atoms with E-state index in [9.17, 15) is 0 Å². The minimum absolute atomic E-state index is 0. The number of hydrogen-bond acceptors (Lipinski definition) is 5. The lowest BCUT2D eigenvalue weighted by molar-refractivity contribution is 0.0376. The van der Waals surface area contributed by atoms with Crippen LogP contribution < -0.4 is 20.1 Å². The highest BCUT2D eigenvalue weighted by Crippen LogP contribution is 2.38. The average Bonchev–Trinajstić information content (AvgIpc) is 2.96. The van der Waals surface area contributed by atoms with Gasteiger partial charge < -0.3 is 24.8 Å². The number of nitrogens with one attached hydrogen (secondary N) is 2. The van der Waals surface area contributed by atoms with E-state index in [0.29, 0.717) is 36.3 Å². The molecule has 0 amide bonds. The highest BCUT2D eigenvalue weighted by molar-refractivity contribution is 14.0. The molecule has 0 radical (unpaired) electrons. The van der Waals surface area contributed by atoms with E-state index in [1.807, 2.05) is 12.1 Å². The predicted octanol–water partition coefficient (Wildman–Crippen LogP) is 2.90. The smallest absolute Gasteiger partial charge is 0.191 e. The molecule has 3 rings (SSSR count). The van der Waals surface area contributed by atoms with Gasteiger partial charge in [0.2, 0.25) is 0 Å². The lowest BCUT2D eigenvalue weighted by Crippen LogP contribution is -2.40. The maximum Gasteiger partial charge on any atom is 0.191 e. The summed E-state index contributed by atoms with van der Waals surface area (Å²) in [6, 6.07) is 3.87. The van der Waals surface area contributed by atoms with Gasteiger partial charge >= 0.3 is 0 Å². The van der Waals surface area contributed by atoms with Crippen LogP contribution >= 0.6 is 35.6 Å². The summed E-state index contributed by atoms with van der Waals surface area (Å²) >= 11 is 6.37. The fourth-order valence-corrected chi connectivity index (χ4v) is 3.51. The maximum atomic E-state index is 6.37. The van der Waals surface area contributed by atoms with Crippen molar-refractivity contribution in [2.45, 2.75) is 26.3 Å². The molecule has 2 N–H and O–H groups in total. The van der Waals surface area contributed by atoms with E-state index < -0.39 is 0 Å². The summed E-state index contributed by atoms with van der Waals surface area (Å²) in [5.74, 6) is 2.16. The lowest BCUT2D eigenvalue weighted by atomic mass is 10.2. The second kappa shape index (κ2) is 13.4. The van der Waals surface area contributed by atoms with Crippen molar-refractivity contribution >= 4 is 41.5 Å². The minimum atomic E-state index is 0. The van der Waals surface area contributed by atoms with Crippen molar-refractivity contribution in [3.8, 4) is 11.5 Å². The van der Waals surface area contributed by atoms with Crippen molar-refractivity contribution in [2.75, 3.05) is 59.2 Å². The molecule has 0 atom stereocenters. The van der Waals surface area contributed by atoms with Gasteiger partial charge in [-0.15, -0.1) is 24.0 Å². The third-order valence-electron chi connectivity index (χ3n) is 4.67. The van der Waals surface area contributed by atoms with Gasteiger partial charge in [0.05, 0.1) is 38.0 Å². The van der Waals surface area contributed by atoms with Gasteiger partial charge in [-0.05, 0) is 37.6 Å². The highest BCUT2D eigenvalue weighted by atomic mass is 127. The van der Waals surface area contributed by atoms with Crippen LogP contribution in [0, 0.1) is 0 Å². The standard InChI is InChI=1S/C20H31ClN4O3.HI/c1-2-22-20(23-5-3-6-25-7-11-26-12-8-25)24-15-16-13-17(21)19-18(14-16)27-9-4-10-28-19;/h13-14H,2-12,15H2,1H3,(H2,22,23,24);1H. The number of aliphatic imine (C=N–C) groups is 1. The van der Waals surface area contributed by atoms with Crippen molar-refractivity contribution in [3.63, 3.8) is 0 Å². The molecule has 164 valence electrons. The number of halogens is 2. The Morgan fingerprint density at radius 3 is 2.72 bits per heavy atom. The van der Waals surface area contributed by atoms with E-state index in [1.54, 1.807) is 0 Å². The van der Waals surface area contributed by atoms with Crippen LogP contribution in [0.3, 0.4) is 0 Å². The van der Waals surface area contributed by atoms with E-state index in [4.69, 9.17) is 25.8 Å². The summed E-state index contributed by atoms with van der Waals surface area (Å²) in [4.78, 5) is 7.13. The third-order valence-corrected chi connectivity index (χ3v) is 4.95. The van der Waals surface area contributed by atoms with Gasteiger partial charge in [0.1, 0.15) is 0 Å². The van der Waals surface area contributed by atoms with Crippen LogP contribution in [-0.2, 0) is 11.3 Å². The number of nitrogens with zero attached hydrogens (tertiary/aromatic N) is 2. The first-order valence-corrected chi connectivity index (χ1v) is 10.5. The Morgan fingerprint density at radius 2 is 1.93 bits per heavy atom. The number of guanidine groups is 1. The van der Waals surface area contributed by atoms with E-state index >= 15 is 0 Å². The Kier molecular flexibility index (Phi) is 11.2. The van der Waals surface area contributed by atoms with Gasteiger partial charge in [-0.2, -0.15) is 0 Å². The molecule has 1 saturated heterocycles. The van der Waals surface area contributed by atoms with Crippen molar-refractivity contribution in [1.82, 2.24) is 15.5 Å². The summed E-state index contributed by atoms with van der Waals surface area (Å²) < 4.78 is 16.8. The minimum Gasteiger partial charge on any atom is -0.489 e. The van der Waals surface area contributed by atoms with Crippen molar-refractivity contribution in [3.05, 3.63) is 22.7 Å². The number of hydrogen-bond donors (Lipinski definition) is 2. The summed E-state index contributed by atoms with van der Waals surface area (Å²) in [6.45, 7) is 10.4. The molecule has 2 heterocycles. The number of benzene rings is 1. The Labute approximate surface area is 195 Å². The first kappa shape index (κ1) is 24.3. The molecule has 0 bridgehead atoms. The number of morpholine rings is 1. The monoisotopic (exact) mass is 538 g/mol. The molecule has 2 aliphatic rings. The van der Waals surface area contributed by atoms with E-state index in [0.717, 1.165) is 70.3 Å². The molecule has 1 fully saturated rings. The van der Waals surface area contributed by atoms with Crippen LogP contribution in [0.15, 0.2) is 17.1 Å². The van der Waals surface area contributed by atoms with Gasteiger partial charge in [0, 0.05) is 32.6 Å². The average molecular weight is 539 g/mol. The van der Waals surface area contributed by atoms with Crippen LogP contribution in [0.2, 0.25) is 5.02 Å². The quantitative estimate of drug-likeness (QED) is 0.241. The summed E-state index contributed by atoms with van der Waals surface area (Å²) in [7, 11) is 0. The van der Waals surface area contributed by atoms with Gasteiger partial charge in [-0.25, -0.2) is 4.99 Å². The first-order chi connectivity index (χ1) is 13.8. The SMILES string of the molecule is CCNC(=NCc1cc(Cl)c2c(c1)OCCCO2)NCCCN1CCOCC1.I. The van der Waals surface area contributed by atoms with Crippen LogP contribution in [0.5, 0.6) is 11.5 Å². The molecule has 1 aromatic rings. The molecule has 9 heteroatoms. The van der Waals surface area contributed by atoms with Crippen LogP contribution in [0.4, 0.5) is 0 Å². The fourth-order valence-electron chi connectivity index (χ4n) is 3.22. The van der Waals surface area contributed by atoms with Gasteiger partial charge in [0.15, 0.2) is 17.5 Å². The number of rotatable bonds is 7. The second-order valence-electron chi connectivity index (χ2n) is 6.88. The Balaban J connectivity index is 0.00000300. The molecular formula is C20H32ClIN4O3. The zero-order chi connectivity index (χ0) is 19.6. The van der Waals surface area contributed by atoms with Gasteiger partial charge in [-0.1, -0.05) is 11.6 Å². The van der Waals surface area contributed by atoms with Crippen molar-refractivity contribution in [2.24, 2.45) is 4.99 Å². The predicted molar refractivity (Wildman–Crippen MR) is 127 cm³/mol. The normalized spacial score (nSPS) is 17.2. The summed E-state index contributed by atoms with van der Waals surface area (Å²) in [6.07, 6.45) is 1.93. The molecule has 7 nitrogen and oxygen atoms in total. The Morgan fingerprint density at radius 1 is 1.14 bits per heavy atom. The zero-order valence-corrected chi connectivity index (χ0v) is 20.1. The lowest BCUT2D eigenvalue weighted by Gasteiger charge is -2.26. The van der Waals surface area contributed by atoms with Gasteiger partial charge in [0.25, 0.3) is 0 Å². The van der Waals surface area contributed by atoms with Crippen LogP contribution in [-0.4, -0.2) is 70.0 Å². The Bertz CT molecular complexity index is 657. The van der Waals surface area contributed by atoms with Crippen LogP contribution in [0.1, 0.15) is 25.3 Å². The van der Waals surface area contributed by atoms with E-state index in [2.05, 4.69) is 27.4 Å². The topological polar surface area (TPSA) is 67.4 Å². The molecule has 0 unspecified atom stereocenters. The number of fused-ring (bicyclic) bond motifs is 1. The third kappa shape index (κ3) is 7.99. The maximum absolute atomic E-state index is 6.37. The first-order valence-electron chi connectivity index (χ1n) is 10.2. The van der Waals surface area contributed by atoms with E-state index in [-0.39, 0.29) is 24.0 Å². The van der Waals surface area contributed by atoms with Crippen LogP contribution in [0.25, 0.3) is 0 Å². The summed E-state index contributed by atoms with van der Waals surface area (Å²) in [5.41, 5.74) is 1.000. The molecule has 0 aliphatic carbocycles. The molecule has 0 saturated carbocycles. The molecule has 0 aromatic heterocycles. The molecule has 0 spiro atoms. The van der Waals surface area contributed by atoms with Crippen molar-refractivity contribution < 1.29 is 14.2 Å². The zero-order valence-electron chi connectivity index (χ0n) is 17.0. The van der Waals surface area contributed by atoms with E-state index in [1.165, 1.54) is 0 Å². The Hall–Kier alpha value is -0.970. The van der Waals surface area contributed by atoms with Crippen molar-refractivity contribution in [1.29, 1.82) is 0 Å². The largest absolute Gasteiger partial charge is 0.489 e. The number of ether oxygens (including phenoxy) is 3. The summed E-state index contributed by atoms with van der Waals surface area (Å²) in [5, 5.41) is 7.28. The molecule has 29 heavy (non-hydrogen) atoms. The molecule has 2 aliphatic heterocycles.